The van der Waals surface area contributed by atoms with Crippen LogP contribution in [-0.2, 0) is 6.42 Å². The van der Waals surface area contributed by atoms with Gasteiger partial charge in [0.25, 0.3) is 0 Å². The first-order valence-electron chi connectivity index (χ1n) is 4.09. The SMILES string of the molecule is CCc1ccccc1[C@@H](C)N.Cl. The van der Waals surface area contributed by atoms with Crippen molar-refractivity contribution in [3.05, 3.63) is 35.4 Å². The van der Waals surface area contributed by atoms with Crippen molar-refractivity contribution in [3.8, 4) is 0 Å². The molecule has 1 aromatic rings. The third-order valence-corrected chi connectivity index (χ3v) is 1.93. The van der Waals surface area contributed by atoms with Gasteiger partial charge in [0.1, 0.15) is 0 Å². The van der Waals surface area contributed by atoms with Crippen LogP contribution in [-0.4, -0.2) is 0 Å². The molecule has 0 radical (unpaired) electrons. The highest BCUT2D eigenvalue weighted by Gasteiger charge is 2.02. The quantitative estimate of drug-likeness (QED) is 0.754. The minimum atomic E-state index is 0. The fraction of sp³-hybridized carbons (Fsp3) is 0.400. The van der Waals surface area contributed by atoms with Gasteiger partial charge in [0.2, 0.25) is 0 Å². The van der Waals surface area contributed by atoms with Gasteiger partial charge in [-0.25, -0.2) is 0 Å². The molecule has 0 bridgehead atoms. The molecule has 0 saturated carbocycles. The first-order valence-corrected chi connectivity index (χ1v) is 4.09. The molecule has 1 aromatic carbocycles. The molecule has 0 aliphatic carbocycles. The minimum Gasteiger partial charge on any atom is -0.324 e. The summed E-state index contributed by atoms with van der Waals surface area (Å²) in [6.45, 7) is 4.18. The standard InChI is InChI=1S/C10H15N.ClH/c1-3-9-6-4-5-7-10(9)8(2)11;/h4-8H,3,11H2,1-2H3;1H/t8-;/m1./s1. The van der Waals surface area contributed by atoms with Gasteiger partial charge in [0.15, 0.2) is 0 Å². The summed E-state index contributed by atoms with van der Waals surface area (Å²) < 4.78 is 0. The number of hydrogen-bond acceptors (Lipinski definition) is 1. The van der Waals surface area contributed by atoms with Crippen molar-refractivity contribution in [2.24, 2.45) is 5.73 Å². The molecule has 0 saturated heterocycles. The summed E-state index contributed by atoms with van der Waals surface area (Å²) >= 11 is 0. The Kier molecular flexibility index (Phi) is 4.95. The molecule has 0 aliphatic rings. The third kappa shape index (κ3) is 2.50. The summed E-state index contributed by atoms with van der Waals surface area (Å²) in [5, 5.41) is 0. The summed E-state index contributed by atoms with van der Waals surface area (Å²) in [4.78, 5) is 0. The van der Waals surface area contributed by atoms with Crippen molar-refractivity contribution in [1.29, 1.82) is 0 Å². The Morgan fingerprint density at radius 1 is 1.33 bits per heavy atom. The lowest BCUT2D eigenvalue weighted by Crippen LogP contribution is -2.07. The van der Waals surface area contributed by atoms with Gasteiger partial charge in [-0.2, -0.15) is 0 Å². The number of hydrogen-bond donors (Lipinski definition) is 1. The Hall–Kier alpha value is -0.530. The first kappa shape index (κ1) is 11.5. The van der Waals surface area contributed by atoms with Crippen LogP contribution in [0, 0.1) is 0 Å². The molecule has 2 heteroatoms. The topological polar surface area (TPSA) is 26.0 Å². The zero-order chi connectivity index (χ0) is 8.27. The van der Waals surface area contributed by atoms with E-state index in [-0.39, 0.29) is 18.4 Å². The van der Waals surface area contributed by atoms with Crippen LogP contribution < -0.4 is 5.73 Å². The fourth-order valence-corrected chi connectivity index (χ4v) is 1.30. The second kappa shape index (κ2) is 5.18. The summed E-state index contributed by atoms with van der Waals surface area (Å²) in [7, 11) is 0. The Bertz CT molecular complexity index is 233. The van der Waals surface area contributed by atoms with Gasteiger partial charge in [-0.15, -0.1) is 12.4 Å². The number of halogens is 1. The van der Waals surface area contributed by atoms with Crippen molar-refractivity contribution in [1.82, 2.24) is 0 Å². The molecule has 1 rings (SSSR count). The molecule has 1 atom stereocenters. The Morgan fingerprint density at radius 2 is 1.92 bits per heavy atom. The summed E-state index contributed by atoms with van der Waals surface area (Å²) in [6.07, 6.45) is 1.07. The van der Waals surface area contributed by atoms with E-state index in [4.69, 9.17) is 5.73 Å². The Balaban J connectivity index is 0.00000121. The molecule has 0 heterocycles. The average molecular weight is 186 g/mol. The van der Waals surface area contributed by atoms with E-state index >= 15 is 0 Å². The molecule has 0 unspecified atom stereocenters. The highest BCUT2D eigenvalue weighted by Crippen LogP contribution is 2.15. The highest BCUT2D eigenvalue weighted by molar-refractivity contribution is 5.85. The summed E-state index contributed by atoms with van der Waals surface area (Å²) in [6, 6.07) is 8.50. The molecule has 0 fully saturated rings. The van der Waals surface area contributed by atoms with Gasteiger partial charge in [0.05, 0.1) is 0 Å². The lowest BCUT2D eigenvalue weighted by molar-refractivity contribution is 0.801. The van der Waals surface area contributed by atoms with Crippen LogP contribution in [0.1, 0.15) is 31.0 Å². The van der Waals surface area contributed by atoms with Crippen LogP contribution in [0.2, 0.25) is 0 Å². The molecule has 0 aromatic heterocycles. The molecule has 0 aliphatic heterocycles. The largest absolute Gasteiger partial charge is 0.324 e. The second-order valence-corrected chi connectivity index (χ2v) is 2.84. The van der Waals surface area contributed by atoms with Gasteiger partial charge in [0, 0.05) is 6.04 Å². The monoisotopic (exact) mass is 185 g/mol. The van der Waals surface area contributed by atoms with Crippen LogP contribution in [0.25, 0.3) is 0 Å². The Labute approximate surface area is 80.4 Å². The van der Waals surface area contributed by atoms with Crippen molar-refractivity contribution < 1.29 is 0 Å². The zero-order valence-electron chi connectivity index (χ0n) is 7.58. The van der Waals surface area contributed by atoms with Crippen molar-refractivity contribution in [2.75, 3.05) is 0 Å². The molecule has 12 heavy (non-hydrogen) atoms. The van der Waals surface area contributed by atoms with E-state index in [1.807, 2.05) is 13.0 Å². The number of aryl methyl sites for hydroxylation is 1. The van der Waals surface area contributed by atoms with Crippen LogP contribution in [0.5, 0.6) is 0 Å². The van der Waals surface area contributed by atoms with Gasteiger partial charge in [-0.05, 0) is 24.5 Å². The first-order chi connectivity index (χ1) is 5.25. The summed E-state index contributed by atoms with van der Waals surface area (Å²) in [5.74, 6) is 0. The predicted molar refractivity (Wildman–Crippen MR) is 55.7 cm³/mol. The van der Waals surface area contributed by atoms with Gasteiger partial charge >= 0.3 is 0 Å². The van der Waals surface area contributed by atoms with E-state index in [2.05, 4.69) is 25.1 Å². The normalized spacial score (nSPS) is 11.9. The van der Waals surface area contributed by atoms with E-state index in [0.717, 1.165) is 6.42 Å². The number of benzene rings is 1. The minimum absolute atomic E-state index is 0. The van der Waals surface area contributed by atoms with E-state index in [9.17, 15) is 0 Å². The Morgan fingerprint density at radius 3 is 2.33 bits per heavy atom. The van der Waals surface area contributed by atoms with Crippen LogP contribution >= 0.6 is 12.4 Å². The third-order valence-electron chi connectivity index (χ3n) is 1.93. The average Bonchev–Trinajstić information content (AvgIpc) is 2.04. The van der Waals surface area contributed by atoms with Gasteiger partial charge < -0.3 is 5.73 Å². The maximum atomic E-state index is 5.79. The molecule has 0 amide bonds. The molecule has 0 spiro atoms. The van der Waals surface area contributed by atoms with Crippen molar-refractivity contribution >= 4 is 12.4 Å². The van der Waals surface area contributed by atoms with E-state index < -0.39 is 0 Å². The molecule has 2 N–H and O–H groups in total. The molecule has 68 valence electrons. The number of nitrogens with two attached hydrogens (primary N) is 1. The van der Waals surface area contributed by atoms with Gasteiger partial charge in [-0.1, -0.05) is 31.2 Å². The van der Waals surface area contributed by atoms with E-state index in [0.29, 0.717) is 0 Å². The molecular formula is C10H16ClN. The van der Waals surface area contributed by atoms with Crippen molar-refractivity contribution in [2.45, 2.75) is 26.3 Å². The summed E-state index contributed by atoms with van der Waals surface area (Å²) in [5.41, 5.74) is 8.43. The lowest BCUT2D eigenvalue weighted by atomic mass is 10.0. The van der Waals surface area contributed by atoms with Crippen molar-refractivity contribution in [3.63, 3.8) is 0 Å². The maximum Gasteiger partial charge on any atom is 0.0268 e. The lowest BCUT2D eigenvalue weighted by Gasteiger charge is -2.09. The maximum absolute atomic E-state index is 5.79. The smallest absolute Gasteiger partial charge is 0.0268 e. The van der Waals surface area contributed by atoms with Gasteiger partial charge in [-0.3, -0.25) is 0 Å². The predicted octanol–water partition coefficient (Wildman–Crippen LogP) is 2.69. The van der Waals surface area contributed by atoms with Crippen LogP contribution in [0.15, 0.2) is 24.3 Å². The second-order valence-electron chi connectivity index (χ2n) is 2.84. The zero-order valence-corrected chi connectivity index (χ0v) is 8.40. The van der Waals surface area contributed by atoms with E-state index in [1.165, 1.54) is 11.1 Å². The van der Waals surface area contributed by atoms with Crippen LogP contribution in [0.4, 0.5) is 0 Å². The highest BCUT2D eigenvalue weighted by atomic mass is 35.5. The van der Waals surface area contributed by atoms with E-state index in [1.54, 1.807) is 0 Å². The number of rotatable bonds is 2. The molecular weight excluding hydrogens is 170 g/mol. The fourth-order valence-electron chi connectivity index (χ4n) is 1.30. The van der Waals surface area contributed by atoms with Crippen LogP contribution in [0.3, 0.4) is 0 Å². The molecule has 1 nitrogen and oxygen atoms in total.